The van der Waals surface area contributed by atoms with E-state index in [-0.39, 0.29) is 18.0 Å². The zero-order valence-electron chi connectivity index (χ0n) is 11.6. The van der Waals surface area contributed by atoms with E-state index in [1.807, 2.05) is 30.3 Å². The highest BCUT2D eigenvalue weighted by Crippen LogP contribution is 2.31. The molecule has 0 bridgehead atoms. The number of carbonyl (C=O) groups excluding carboxylic acids is 1. The van der Waals surface area contributed by atoms with Crippen LogP contribution in [0, 0.1) is 5.82 Å². The third-order valence-corrected chi connectivity index (χ3v) is 4.21. The fourth-order valence-corrected chi connectivity index (χ4v) is 2.93. The number of ketones is 1. The number of Topliss-reactive ketones (excluding diaryl/α,β-unsaturated/α-hetero) is 1. The van der Waals surface area contributed by atoms with E-state index < -0.39 is 0 Å². The summed E-state index contributed by atoms with van der Waals surface area (Å²) in [5, 5.41) is 0. The second kappa shape index (κ2) is 6.07. The molecular formula is C17H13FN2OS. The molecule has 3 rings (SSSR count). The molecule has 22 heavy (non-hydrogen) atoms. The lowest BCUT2D eigenvalue weighted by Crippen LogP contribution is -2.04. The number of anilines is 1. The van der Waals surface area contributed by atoms with Crippen molar-refractivity contribution < 1.29 is 9.18 Å². The molecule has 0 fully saturated rings. The van der Waals surface area contributed by atoms with Crippen molar-refractivity contribution in [3.05, 3.63) is 70.9 Å². The monoisotopic (exact) mass is 312 g/mol. The molecular weight excluding hydrogens is 299 g/mol. The standard InChI is InChI=1S/C17H13FN2OS/c18-13-8-6-12(7-9-13)16-15(19)17(22-20-16)14(21)10-11-4-2-1-3-5-11/h1-9H,10,19H2. The van der Waals surface area contributed by atoms with E-state index in [4.69, 9.17) is 5.73 Å². The molecule has 3 nitrogen and oxygen atoms in total. The van der Waals surface area contributed by atoms with Crippen LogP contribution in [0.3, 0.4) is 0 Å². The minimum Gasteiger partial charge on any atom is -0.396 e. The van der Waals surface area contributed by atoms with Crippen molar-refractivity contribution in [2.45, 2.75) is 6.42 Å². The molecule has 110 valence electrons. The first-order chi connectivity index (χ1) is 10.6. The van der Waals surface area contributed by atoms with Gasteiger partial charge in [0.05, 0.1) is 5.69 Å². The van der Waals surface area contributed by atoms with Crippen LogP contribution in [0.4, 0.5) is 10.1 Å². The molecule has 2 N–H and O–H groups in total. The molecule has 0 radical (unpaired) electrons. The number of hydrogen-bond acceptors (Lipinski definition) is 4. The van der Waals surface area contributed by atoms with Gasteiger partial charge >= 0.3 is 0 Å². The van der Waals surface area contributed by atoms with Crippen LogP contribution in [0.5, 0.6) is 0 Å². The van der Waals surface area contributed by atoms with Crippen LogP contribution in [0.15, 0.2) is 54.6 Å². The topological polar surface area (TPSA) is 56.0 Å². The molecule has 1 heterocycles. The predicted octanol–water partition coefficient (Wildman–Crippen LogP) is 3.96. The summed E-state index contributed by atoms with van der Waals surface area (Å²) in [5.74, 6) is -0.382. The second-order valence-electron chi connectivity index (χ2n) is 4.87. The second-order valence-corrected chi connectivity index (χ2v) is 5.64. The highest BCUT2D eigenvalue weighted by atomic mass is 32.1. The Bertz CT molecular complexity index is 797. The maximum Gasteiger partial charge on any atom is 0.180 e. The van der Waals surface area contributed by atoms with E-state index >= 15 is 0 Å². The maximum absolute atomic E-state index is 13.0. The zero-order valence-corrected chi connectivity index (χ0v) is 12.4. The fourth-order valence-electron chi connectivity index (χ4n) is 2.18. The molecule has 0 atom stereocenters. The Labute approximate surface area is 131 Å². The fraction of sp³-hybridized carbons (Fsp3) is 0.0588. The first-order valence-electron chi connectivity index (χ1n) is 6.73. The molecule has 3 aromatic rings. The van der Waals surface area contributed by atoms with Crippen molar-refractivity contribution in [1.82, 2.24) is 4.37 Å². The van der Waals surface area contributed by atoms with Gasteiger partial charge < -0.3 is 5.73 Å². The van der Waals surface area contributed by atoms with E-state index in [1.165, 1.54) is 12.1 Å². The molecule has 0 unspecified atom stereocenters. The maximum atomic E-state index is 13.0. The van der Waals surface area contributed by atoms with Gasteiger partial charge in [0, 0.05) is 12.0 Å². The van der Waals surface area contributed by atoms with Gasteiger partial charge in [-0.2, -0.15) is 4.37 Å². The van der Waals surface area contributed by atoms with Crippen molar-refractivity contribution in [3.63, 3.8) is 0 Å². The first-order valence-corrected chi connectivity index (χ1v) is 7.50. The Hall–Kier alpha value is -2.53. The quantitative estimate of drug-likeness (QED) is 0.742. The van der Waals surface area contributed by atoms with E-state index in [0.717, 1.165) is 17.1 Å². The molecule has 2 aromatic carbocycles. The van der Waals surface area contributed by atoms with Gasteiger partial charge in [0.15, 0.2) is 5.78 Å². The number of nitrogen functional groups attached to an aromatic ring is 1. The molecule has 5 heteroatoms. The number of carbonyl (C=O) groups is 1. The Morgan fingerprint density at radius 2 is 1.77 bits per heavy atom. The van der Waals surface area contributed by atoms with Gasteiger partial charge in [0.25, 0.3) is 0 Å². The van der Waals surface area contributed by atoms with Gasteiger partial charge in [0.2, 0.25) is 0 Å². The van der Waals surface area contributed by atoms with Crippen molar-refractivity contribution in [2.24, 2.45) is 0 Å². The Morgan fingerprint density at radius 3 is 2.45 bits per heavy atom. The minimum absolute atomic E-state index is 0.0606. The lowest BCUT2D eigenvalue weighted by Gasteiger charge is -2.01. The summed E-state index contributed by atoms with van der Waals surface area (Å²) >= 11 is 1.08. The number of benzene rings is 2. The van der Waals surface area contributed by atoms with E-state index in [1.54, 1.807) is 12.1 Å². The summed E-state index contributed by atoms with van der Waals surface area (Å²) in [7, 11) is 0. The van der Waals surface area contributed by atoms with Gasteiger partial charge in [-0.15, -0.1) is 0 Å². The molecule has 0 amide bonds. The van der Waals surface area contributed by atoms with E-state index in [9.17, 15) is 9.18 Å². The number of nitrogens with two attached hydrogens (primary N) is 1. The minimum atomic E-state index is -0.321. The highest BCUT2D eigenvalue weighted by Gasteiger charge is 2.18. The van der Waals surface area contributed by atoms with Crippen molar-refractivity contribution in [1.29, 1.82) is 0 Å². The highest BCUT2D eigenvalue weighted by molar-refractivity contribution is 7.09. The average molecular weight is 312 g/mol. The van der Waals surface area contributed by atoms with E-state index in [2.05, 4.69) is 4.37 Å². The summed E-state index contributed by atoms with van der Waals surface area (Å²) in [6.07, 6.45) is 0.288. The number of nitrogens with zero attached hydrogens (tertiary/aromatic N) is 1. The SMILES string of the molecule is Nc1c(-c2ccc(F)cc2)nsc1C(=O)Cc1ccccc1. The van der Waals surface area contributed by atoms with Crippen LogP contribution in [-0.2, 0) is 6.42 Å². The number of hydrogen-bond donors (Lipinski definition) is 1. The molecule has 0 aliphatic carbocycles. The number of rotatable bonds is 4. The first kappa shape index (κ1) is 14.4. The average Bonchev–Trinajstić information content (AvgIpc) is 2.91. The van der Waals surface area contributed by atoms with Crippen molar-refractivity contribution in [2.75, 3.05) is 5.73 Å². The van der Waals surface area contributed by atoms with E-state index in [0.29, 0.717) is 21.8 Å². The zero-order chi connectivity index (χ0) is 15.5. The van der Waals surface area contributed by atoms with Crippen LogP contribution in [0.25, 0.3) is 11.3 Å². The largest absolute Gasteiger partial charge is 0.396 e. The molecule has 0 saturated heterocycles. The summed E-state index contributed by atoms with van der Waals surface area (Å²) in [4.78, 5) is 12.8. The summed E-state index contributed by atoms with van der Waals surface area (Å²) in [6, 6.07) is 15.4. The molecule has 0 aliphatic rings. The molecule has 0 saturated carbocycles. The molecule has 0 spiro atoms. The van der Waals surface area contributed by atoms with Gasteiger partial charge in [0.1, 0.15) is 16.4 Å². The van der Waals surface area contributed by atoms with Crippen molar-refractivity contribution >= 4 is 23.0 Å². The van der Waals surface area contributed by atoms with Crippen LogP contribution < -0.4 is 5.73 Å². The lowest BCUT2D eigenvalue weighted by atomic mass is 10.1. The molecule has 1 aromatic heterocycles. The normalized spacial score (nSPS) is 10.6. The van der Waals surface area contributed by atoms with Gasteiger partial charge in [-0.1, -0.05) is 30.3 Å². The summed E-state index contributed by atoms with van der Waals surface area (Å²) in [6.45, 7) is 0. The van der Waals surface area contributed by atoms with Crippen LogP contribution >= 0.6 is 11.5 Å². The lowest BCUT2D eigenvalue weighted by molar-refractivity contribution is 0.0997. The number of aromatic nitrogens is 1. The van der Waals surface area contributed by atoms with Crippen LogP contribution in [0.2, 0.25) is 0 Å². The molecule has 0 aliphatic heterocycles. The summed E-state index contributed by atoms with van der Waals surface area (Å²) in [5.41, 5.74) is 8.59. The van der Waals surface area contributed by atoms with Gasteiger partial charge in [-0.25, -0.2) is 4.39 Å². The van der Waals surface area contributed by atoms with Crippen LogP contribution in [-0.4, -0.2) is 10.2 Å². The third-order valence-electron chi connectivity index (χ3n) is 3.31. The smallest absolute Gasteiger partial charge is 0.180 e. The third kappa shape index (κ3) is 2.89. The Kier molecular flexibility index (Phi) is 3.98. The van der Waals surface area contributed by atoms with Crippen molar-refractivity contribution in [3.8, 4) is 11.3 Å². The predicted molar refractivity (Wildman–Crippen MR) is 86.4 cm³/mol. The van der Waals surface area contributed by atoms with Gasteiger partial charge in [-0.05, 0) is 41.4 Å². The van der Waals surface area contributed by atoms with Gasteiger partial charge in [-0.3, -0.25) is 4.79 Å². The Morgan fingerprint density at radius 1 is 1.09 bits per heavy atom. The Balaban J connectivity index is 1.87. The number of halogens is 1. The van der Waals surface area contributed by atoms with Crippen LogP contribution in [0.1, 0.15) is 15.2 Å². The summed E-state index contributed by atoms with van der Waals surface area (Å²) < 4.78 is 17.2.